The summed E-state index contributed by atoms with van der Waals surface area (Å²) in [7, 11) is 0. The lowest BCUT2D eigenvalue weighted by atomic mass is 10.2. The Kier molecular flexibility index (Phi) is 5.10. The number of ether oxygens (including phenoxy) is 1. The Morgan fingerprint density at radius 2 is 1.71 bits per heavy atom. The van der Waals surface area contributed by atoms with Gasteiger partial charge in [-0.1, -0.05) is 29.3 Å². The summed E-state index contributed by atoms with van der Waals surface area (Å²) in [6, 6.07) is 10.6. The van der Waals surface area contributed by atoms with Gasteiger partial charge in [-0.15, -0.1) is 0 Å². The molecule has 3 nitrogen and oxygen atoms in total. The van der Waals surface area contributed by atoms with Gasteiger partial charge >= 0.3 is 0 Å². The van der Waals surface area contributed by atoms with E-state index in [1.807, 2.05) is 19.9 Å². The van der Waals surface area contributed by atoms with E-state index in [9.17, 15) is 4.79 Å². The van der Waals surface area contributed by atoms with Crippen molar-refractivity contribution < 1.29 is 9.53 Å². The quantitative estimate of drug-likeness (QED) is 0.890. The van der Waals surface area contributed by atoms with Crippen molar-refractivity contribution in [2.24, 2.45) is 0 Å². The fourth-order valence-corrected chi connectivity index (χ4v) is 2.23. The Bertz CT molecular complexity index is 671. The summed E-state index contributed by atoms with van der Waals surface area (Å²) in [5, 5.41) is 3.99. The van der Waals surface area contributed by atoms with Crippen LogP contribution in [0.3, 0.4) is 0 Å². The highest BCUT2D eigenvalue weighted by molar-refractivity contribution is 6.31. The lowest BCUT2D eigenvalue weighted by Crippen LogP contribution is -2.20. The minimum absolute atomic E-state index is 0.0750. The molecular weight excluding hydrogens is 309 g/mol. The summed E-state index contributed by atoms with van der Waals surface area (Å²) in [4.78, 5) is 11.9. The van der Waals surface area contributed by atoms with Gasteiger partial charge in [0.15, 0.2) is 6.61 Å². The fourth-order valence-electron chi connectivity index (χ4n) is 1.83. The van der Waals surface area contributed by atoms with Crippen LogP contribution in [0.4, 0.5) is 5.69 Å². The molecule has 5 heteroatoms. The van der Waals surface area contributed by atoms with Crippen molar-refractivity contribution >= 4 is 34.8 Å². The van der Waals surface area contributed by atoms with Crippen LogP contribution in [0, 0.1) is 13.8 Å². The predicted octanol–water partition coefficient (Wildman–Crippen LogP) is 4.63. The van der Waals surface area contributed by atoms with E-state index in [4.69, 9.17) is 27.9 Å². The maximum absolute atomic E-state index is 11.9. The van der Waals surface area contributed by atoms with Gasteiger partial charge in [0.2, 0.25) is 0 Å². The standard InChI is InChI=1S/C16H15Cl2NO2/c1-10-3-4-13(18)8-14(10)19-16(20)9-21-15-6-5-12(17)7-11(15)2/h3-8H,9H2,1-2H3,(H,19,20). The van der Waals surface area contributed by atoms with E-state index in [1.165, 1.54) is 0 Å². The first-order valence-electron chi connectivity index (χ1n) is 6.40. The van der Waals surface area contributed by atoms with Gasteiger partial charge < -0.3 is 10.1 Å². The highest BCUT2D eigenvalue weighted by Crippen LogP contribution is 2.22. The number of aryl methyl sites for hydroxylation is 2. The highest BCUT2D eigenvalue weighted by atomic mass is 35.5. The van der Waals surface area contributed by atoms with Crippen molar-refractivity contribution in [1.29, 1.82) is 0 Å². The molecular formula is C16H15Cl2NO2. The van der Waals surface area contributed by atoms with Crippen LogP contribution in [0.2, 0.25) is 10.0 Å². The van der Waals surface area contributed by atoms with Crippen LogP contribution in [0.5, 0.6) is 5.75 Å². The van der Waals surface area contributed by atoms with E-state index in [0.29, 0.717) is 21.5 Å². The van der Waals surface area contributed by atoms with Gasteiger partial charge in [0.25, 0.3) is 5.91 Å². The zero-order valence-electron chi connectivity index (χ0n) is 11.7. The number of carbonyl (C=O) groups is 1. The first-order chi connectivity index (χ1) is 9.95. The van der Waals surface area contributed by atoms with Gasteiger partial charge in [0.05, 0.1) is 0 Å². The minimum Gasteiger partial charge on any atom is -0.483 e. The molecule has 0 unspecified atom stereocenters. The molecule has 0 saturated carbocycles. The Labute approximate surface area is 133 Å². The molecule has 0 atom stereocenters. The van der Waals surface area contributed by atoms with Crippen LogP contribution in [0.1, 0.15) is 11.1 Å². The van der Waals surface area contributed by atoms with Crippen molar-refractivity contribution in [3.8, 4) is 5.75 Å². The number of rotatable bonds is 4. The van der Waals surface area contributed by atoms with Crippen LogP contribution in [-0.4, -0.2) is 12.5 Å². The number of nitrogens with one attached hydrogen (secondary N) is 1. The van der Waals surface area contributed by atoms with E-state index in [0.717, 1.165) is 11.1 Å². The molecule has 0 radical (unpaired) electrons. The summed E-state index contributed by atoms with van der Waals surface area (Å²) in [6.45, 7) is 3.70. The number of halogens is 2. The third kappa shape index (κ3) is 4.38. The van der Waals surface area contributed by atoms with Crippen molar-refractivity contribution in [2.75, 3.05) is 11.9 Å². The van der Waals surface area contributed by atoms with Crippen LogP contribution in [0.25, 0.3) is 0 Å². The largest absolute Gasteiger partial charge is 0.483 e. The van der Waals surface area contributed by atoms with Crippen molar-refractivity contribution in [3.63, 3.8) is 0 Å². The van der Waals surface area contributed by atoms with Gasteiger partial charge in [0.1, 0.15) is 5.75 Å². The first-order valence-corrected chi connectivity index (χ1v) is 7.16. The Morgan fingerprint density at radius 1 is 1.05 bits per heavy atom. The third-order valence-corrected chi connectivity index (χ3v) is 3.44. The van der Waals surface area contributed by atoms with Crippen LogP contribution >= 0.6 is 23.2 Å². The van der Waals surface area contributed by atoms with E-state index in [1.54, 1.807) is 30.3 Å². The Balaban J connectivity index is 1.97. The smallest absolute Gasteiger partial charge is 0.262 e. The zero-order valence-corrected chi connectivity index (χ0v) is 13.3. The molecule has 0 fully saturated rings. The topological polar surface area (TPSA) is 38.3 Å². The van der Waals surface area contributed by atoms with Gasteiger partial charge in [-0.2, -0.15) is 0 Å². The van der Waals surface area contributed by atoms with Crippen molar-refractivity contribution in [1.82, 2.24) is 0 Å². The molecule has 0 saturated heterocycles. The molecule has 110 valence electrons. The summed E-state index contributed by atoms with van der Waals surface area (Å²) >= 11 is 11.8. The first kappa shape index (κ1) is 15.7. The number of anilines is 1. The molecule has 1 amide bonds. The number of hydrogen-bond acceptors (Lipinski definition) is 2. The van der Waals surface area contributed by atoms with Crippen LogP contribution in [0.15, 0.2) is 36.4 Å². The minimum atomic E-state index is -0.241. The molecule has 0 spiro atoms. The normalized spacial score (nSPS) is 10.3. The van der Waals surface area contributed by atoms with E-state index < -0.39 is 0 Å². The van der Waals surface area contributed by atoms with Gasteiger partial charge in [0, 0.05) is 15.7 Å². The average Bonchev–Trinajstić information content (AvgIpc) is 2.42. The number of hydrogen-bond donors (Lipinski definition) is 1. The maximum atomic E-state index is 11.9. The highest BCUT2D eigenvalue weighted by Gasteiger charge is 2.08. The Morgan fingerprint density at radius 3 is 2.43 bits per heavy atom. The molecule has 2 aromatic rings. The predicted molar refractivity (Wildman–Crippen MR) is 86.5 cm³/mol. The van der Waals surface area contributed by atoms with E-state index >= 15 is 0 Å². The second-order valence-corrected chi connectivity index (χ2v) is 5.58. The fraction of sp³-hybridized carbons (Fsp3) is 0.188. The van der Waals surface area contributed by atoms with Crippen molar-refractivity contribution in [2.45, 2.75) is 13.8 Å². The molecule has 2 rings (SSSR count). The molecule has 0 aliphatic heterocycles. The van der Waals surface area contributed by atoms with Gasteiger partial charge in [-0.3, -0.25) is 4.79 Å². The summed E-state index contributed by atoms with van der Waals surface area (Å²) in [5.74, 6) is 0.395. The number of benzene rings is 2. The lowest BCUT2D eigenvalue weighted by Gasteiger charge is -2.11. The molecule has 0 aliphatic rings. The molecule has 21 heavy (non-hydrogen) atoms. The third-order valence-electron chi connectivity index (χ3n) is 2.97. The molecule has 0 bridgehead atoms. The van der Waals surface area contributed by atoms with E-state index in [-0.39, 0.29) is 12.5 Å². The molecule has 0 heterocycles. The lowest BCUT2D eigenvalue weighted by molar-refractivity contribution is -0.118. The monoisotopic (exact) mass is 323 g/mol. The second kappa shape index (κ2) is 6.83. The summed E-state index contributed by atoms with van der Waals surface area (Å²) in [5.41, 5.74) is 2.51. The maximum Gasteiger partial charge on any atom is 0.262 e. The zero-order chi connectivity index (χ0) is 15.4. The SMILES string of the molecule is Cc1ccc(Cl)cc1NC(=O)COc1ccc(Cl)cc1C. The molecule has 2 aromatic carbocycles. The van der Waals surface area contributed by atoms with Crippen LogP contribution < -0.4 is 10.1 Å². The van der Waals surface area contributed by atoms with Gasteiger partial charge in [-0.05, 0) is 55.3 Å². The summed E-state index contributed by atoms with van der Waals surface area (Å²) in [6.07, 6.45) is 0. The molecule has 0 aliphatic carbocycles. The average molecular weight is 324 g/mol. The number of amides is 1. The van der Waals surface area contributed by atoms with Gasteiger partial charge in [-0.25, -0.2) is 0 Å². The summed E-state index contributed by atoms with van der Waals surface area (Å²) < 4.78 is 5.49. The number of carbonyl (C=O) groups excluding carboxylic acids is 1. The molecule has 0 aromatic heterocycles. The van der Waals surface area contributed by atoms with Crippen molar-refractivity contribution in [3.05, 3.63) is 57.6 Å². The molecule has 1 N–H and O–H groups in total. The second-order valence-electron chi connectivity index (χ2n) is 4.71. The van der Waals surface area contributed by atoms with Crippen LogP contribution in [-0.2, 0) is 4.79 Å². The van der Waals surface area contributed by atoms with E-state index in [2.05, 4.69) is 5.32 Å². The Hall–Kier alpha value is -1.71.